The number of benzene rings is 1. The van der Waals surface area contributed by atoms with Crippen LogP contribution in [0.15, 0.2) is 29.2 Å². The molecule has 0 N–H and O–H groups in total. The first-order valence-corrected chi connectivity index (χ1v) is 7.37. The second-order valence-corrected chi connectivity index (χ2v) is 6.05. The number of rotatable bonds is 3. The monoisotopic (exact) mass is 315 g/mol. The minimum absolute atomic E-state index is 0. The van der Waals surface area contributed by atoms with Gasteiger partial charge in [0.2, 0.25) is 0 Å². The zero-order chi connectivity index (χ0) is 15.1. The van der Waals surface area contributed by atoms with Crippen molar-refractivity contribution in [3.8, 4) is 5.69 Å². The molecule has 0 aliphatic rings. The molecule has 0 fully saturated rings. The average Bonchev–Trinajstić information content (AvgIpc) is 2.64. The number of hydrogen-bond acceptors (Lipinski definition) is 4. The Labute approximate surface area is 146 Å². The van der Waals surface area contributed by atoms with E-state index in [-0.39, 0.29) is 40.1 Å². The molecule has 0 bridgehead atoms. The molecule has 7 heteroatoms. The van der Waals surface area contributed by atoms with Crippen molar-refractivity contribution in [3.63, 3.8) is 0 Å². The van der Waals surface area contributed by atoms with E-state index in [1.807, 2.05) is 0 Å². The van der Waals surface area contributed by atoms with E-state index in [9.17, 15) is 17.8 Å². The summed E-state index contributed by atoms with van der Waals surface area (Å²) >= 11 is 0. The Kier molecular flexibility index (Phi) is 5.57. The second-order valence-electron chi connectivity index (χ2n) is 4.71. The molecule has 1 heterocycles. The van der Waals surface area contributed by atoms with Crippen molar-refractivity contribution in [1.82, 2.24) is 4.57 Å². The summed E-state index contributed by atoms with van der Waals surface area (Å²) in [7, 11) is -4.59. The minimum Gasteiger partial charge on any atom is -0.744 e. The van der Waals surface area contributed by atoms with E-state index in [1.54, 1.807) is 43.5 Å². The van der Waals surface area contributed by atoms with Crippen LogP contribution in [0.3, 0.4) is 0 Å². The fourth-order valence-electron chi connectivity index (χ4n) is 2.28. The van der Waals surface area contributed by atoms with E-state index in [0.29, 0.717) is 28.8 Å². The van der Waals surface area contributed by atoms with Gasteiger partial charge < -0.3 is 9.12 Å². The number of nitrogens with zero attached hydrogens (tertiary/aromatic N) is 1. The molecule has 0 atom stereocenters. The number of carbonyl (C=O) groups is 1. The van der Waals surface area contributed by atoms with Crippen LogP contribution in [0, 0.1) is 20.8 Å². The van der Waals surface area contributed by atoms with Gasteiger partial charge in [0.25, 0.3) is 0 Å². The van der Waals surface area contributed by atoms with Gasteiger partial charge in [0, 0.05) is 17.0 Å². The molecule has 0 spiro atoms. The molecule has 0 aliphatic heterocycles. The third-order valence-corrected chi connectivity index (χ3v) is 4.09. The van der Waals surface area contributed by atoms with Gasteiger partial charge in [-0.2, -0.15) is 0 Å². The van der Waals surface area contributed by atoms with Gasteiger partial charge in [0.05, 0.1) is 10.6 Å². The topological polar surface area (TPSA) is 79.2 Å². The molecule has 1 aromatic carbocycles. The molecule has 1 aromatic heterocycles. The third kappa shape index (κ3) is 3.46. The van der Waals surface area contributed by atoms with Crippen molar-refractivity contribution in [2.45, 2.75) is 25.7 Å². The van der Waals surface area contributed by atoms with E-state index in [0.717, 1.165) is 0 Å². The maximum Gasteiger partial charge on any atom is 1.00 e. The maximum atomic E-state index is 11.4. The molecule has 21 heavy (non-hydrogen) atoms. The fraction of sp³-hybridized carbons (Fsp3) is 0.214. The first kappa shape index (κ1) is 18.1. The van der Waals surface area contributed by atoms with Crippen molar-refractivity contribution < 1.29 is 47.3 Å². The van der Waals surface area contributed by atoms with Gasteiger partial charge in [0.15, 0.2) is 6.29 Å². The van der Waals surface area contributed by atoms with Crippen LogP contribution in [0.5, 0.6) is 0 Å². The van der Waals surface area contributed by atoms with Gasteiger partial charge in [-0.3, -0.25) is 4.79 Å². The summed E-state index contributed by atoms with van der Waals surface area (Å²) in [4.78, 5) is 10.7. The molecular formula is C14H14NNaO4S. The quantitative estimate of drug-likeness (QED) is 0.419. The van der Waals surface area contributed by atoms with Gasteiger partial charge in [-0.1, -0.05) is 6.07 Å². The fourth-order valence-corrected chi connectivity index (χ4v) is 3.03. The Morgan fingerprint density at radius 3 is 2.24 bits per heavy atom. The van der Waals surface area contributed by atoms with Crippen LogP contribution in [0.1, 0.15) is 27.3 Å². The average molecular weight is 315 g/mol. The normalized spacial score (nSPS) is 11.0. The van der Waals surface area contributed by atoms with E-state index in [2.05, 4.69) is 0 Å². The van der Waals surface area contributed by atoms with Crippen LogP contribution in [-0.2, 0) is 10.1 Å². The first-order chi connectivity index (χ1) is 9.25. The van der Waals surface area contributed by atoms with Crippen LogP contribution in [-0.4, -0.2) is 23.8 Å². The molecule has 5 nitrogen and oxygen atoms in total. The number of aryl methyl sites for hydroxylation is 2. The Hall–Kier alpha value is -0.920. The summed E-state index contributed by atoms with van der Waals surface area (Å²) in [5.74, 6) is 0. The molecule has 0 amide bonds. The largest absolute Gasteiger partial charge is 1.00 e. The molecule has 0 saturated heterocycles. The maximum absolute atomic E-state index is 11.4. The summed E-state index contributed by atoms with van der Waals surface area (Å²) in [6.07, 6.45) is 0.707. The summed E-state index contributed by atoms with van der Waals surface area (Å²) in [5.41, 5.74) is 2.72. The molecule has 106 valence electrons. The molecule has 0 saturated carbocycles. The zero-order valence-corrected chi connectivity index (χ0v) is 15.2. The Morgan fingerprint density at radius 1 is 1.14 bits per heavy atom. The number of aldehydes is 1. The Balaban J connectivity index is 0.00000220. The first-order valence-electron chi connectivity index (χ1n) is 5.96. The van der Waals surface area contributed by atoms with Gasteiger partial charge in [-0.25, -0.2) is 8.42 Å². The molecule has 0 unspecified atom stereocenters. The van der Waals surface area contributed by atoms with Gasteiger partial charge in [-0.05, 0) is 44.5 Å². The predicted molar refractivity (Wildman–Crippen MR) is 73.3 cm³/mol. The van der Waals surface area contributed by atoms with E-state index < -0.39 is 10.1 Å². The summed E-state index contributed by atoms with van der Waals surface area (Å²) in [6.45, 7) is 5.17. The standard InChI is InChI=1S/C14H15NO4S.Na/c1-9-4-5-13(14(6-9)20(17,18)19)15-10(2)7-12(8-16)11(15)3;/h4-8H,1-3H3,(H,17,18,19);/q;+1/p-1. The Morgan fingerprint density at radius 2 is 1.76 bits per heavy atom. The summed E-state index contributed by atoms with van der Waals surface area (Å²) in [6, 6.07) is 6.30. The SMILES string of the molecule is Cc1ccc(-n2c(C)cc(C=O)c2C)c(S(=O)(=O)[O-])c1.[Na+]. The summed E-state index contributed by atoms with van der Waals surface area (Å²) < 4.78 is 35.9. The molecule has 0 radical (unpaired) electrons. The number of carbonyl (C=O) groups excluding carboxylic acids is 1. The van der Waals surface area contributed by atoms with E-state index >= 15 is 0 Å². The smallest absolute Gasteiger partial charge is 0.744 e. The number of aromatic nitrogens is 1. The molecule has 2 aromatic rings. The van der Waals surface area contributed by atoms with Crippen LogP contribution >= 0.6 is 0 Å². The van der Waals surface area contributed by atoms with Crippen molar-refractivity contribution in [2.75, 3.05) is 0 Å². The third-order valence-electron chi connectivity index (χ3n) is 3.22. The summed E-state index contributed by atoms with van der Waals surface area (Å²) in [5, 5.41) is 0. The van der Waals surface area contributed by atoms with Crippen molar-refractivity contribution in [1.29, 1.82) is 0 Å². The molecule has 0 aliphatic carbocycles. The van der Waals surface area contributed by atoms with Crippen molar-refractivity contribution in [2.24, 2.45) is 0 Å². The zero-order valence-electron chi connectivity index (χ0n) is 12.4. The van der Waals surface area contributed by atoms with Crippen LogP contribution in [0.4, 0.5) is 0 Å². The van der Waals surface area contributed by atoms with Crippen LogP contribution in [0.25, 0.3) is 5.69 Å². The van der Waals surface area contributed by atoms with Crippen molar-refractivity contribution in [3.05, 3.63) is 46.8 Å². The van der Waals surface area contributed by atoms with Gasteiger partial charge in [-0.15, -0.1) is 0 Å². The van der Waals surface area contributed by atoms with E-state index in [1.165, 1.54) is 6.07 Å². The van der Waals surface area contributed by atoms with E-state index in [4.69, 9.17) is 0 Å². The van der Waals surface area contributed by atoms with Crippen LogP contribution < -0.4 is 29.6 Å². The van der Waals surface area contributed by atoms with Crippen molar-refractivity contribution >= 4 is 16.4 Å². The molecular weight excluding hydrogens is 301 g/mol. The van der Waals surface area contributed by atoms with Gasteiger partial charge in [0.1, 0.15) is 10.1 Å². The van der Waals surface area contributed by atoms with Crippen LogP contribution in [0.2, 0.25) is 0 Å². The number of hydrogen-bond donors (Lipinski definition) is 0. The predicted octanol–water partition coefficient (Wildman–Crippen LogP) is -0.877. The second kappa shape index (κ2) is 6.46. The Bertz CT molecular complexity index is 794. The van der Waals surface area contributed by atoms with Gasteiger partial charge >= 0.3 is 29.6 Å². The minimum atomic E-state index is -4.59. The molecule has 2 rings (SSSR count).